The van der Waals surface area contributed by atoms with Crippen molar-refractivity contribution in [2.75, 3.05) is 13.6 Å². The zero-order chi connectivity index (χ0) is 10.4. The van der Waals surface area contributed by atoms with Gasteiger partial charge in [0.05, 0.1) is 6.33 Å². The summed E-state index contributed by atoms with van der Waals surface area (Å²) >= 11 is 0. The molecule has 0 aromatic carbocycles. The lowest BCUT2D eigenvalue weighted by Gasteiger charge is -2.19. The van der Waals surface area contributed by atoms with Gasteiger partial charge in [-0.2, -0.15) is 0 Å². The molecule has 3 heteroatoms. The Kier molecular flexibility index (Phi) is 4.66. The van der Waals surface area contributed by atoms with Crippen molar-refractivity contribution >= 4 is 0 Å². The van der Waals surface area contributed by atoms with E-state index in [2.05, 4.69) is 21.5 Å². The first-order chi connectivity index (χ1) is 6.86. The Hall–Kier alpha value is -0.830. The second-order valence-corrected chi connectivity index (χ2v) is 3.54. The van der Waals surface area contributed by atoms with E-state index in [1.807, 2.05) is 32.6 Å². The Morgan fingerprint density at radius 2 is 2.21 bits per heavy atom. The minimum absolute atomic E-state index is 0.721. The molecule has 0 amide bonds. The van der Waals surface area contributed by atoms with Crippen LogP contribution in [0.25, 0.3) is 0 Å². The molecule has 2 rings (SSSR count). The Balaban J connectivity index is 0.000000461. The molecular formula is C11H21N3. The zero-order valence-corrected chi connectivity index (χ0v) is 9.48. The predicted octanol–water partition coefficient (Wildman–Crippen LogP) is 2.00. The van der Waals surface area contributed by atoms with Crippen LogP contribution in [0.15, 0.2) is 18.7 Å². The fourth-order valence-electron chi connectivity index (χ4n) is 1.85. The van der Waals surface area contributed by atoms with Crippen molar-refractivity contribution in [3.63, 3.8) is 0 Å². The highest BCUT2D eigenvalue weighted by molar-refractivity contribution is 4.81. The number of aromatic nitrogens is 2. The quantitative estimate of drug-likeness (QED) is 0.719. The molecule has 0 N–H and O–H groups in total. The third-order valence-electron chi connectivity index (χ3n) is 2.65. The number of likely N-dealkylation sites (N-methyl/N-ethyl adjacent to an activating group) is 1. The van der Waals surface area contributed by atoms with Gasteiger partial charge in [-0.15, -0.1) is 0 Å². The fraction of sp³-hybridized carbons (Fsp3) is 0.727. The van der Waals surface area contributed by atoms with Crippen molar-refractivity contribution in [3.05, 3.63) is 18.7 Å². The van der Waals surface area contributed by atoms with Crippen LogP contribution >= 0.6 is 0 Å². The van der Waals surface area contributed by atoms with Crippen LogP contribution in [0.4, 0.5) is 0 Å². The third kappa shape index (κ3) is 2.84. The largest absolute Gasteiger partial charge is 0.336 e. The van der Waals surface area contributed by atoms with Crippen LogP contribution in [0, 0.1) is 0 Å². The summed E-state index contributed by atoms with van der Waals surface area (Å²) in [5.74, 6) is 0. The van der Waals surface area contributed by atoms with Crippen LogP contribution < -0.4 is 0 Å². The Bertz CT molecular complexity index is 231. The number of nitrogens with zero attached hydrogens (tertiary/aromatic N) is 3. The average molecular weight is 195 g/mol. The van der Waals surface area contributed by atoms with Gasteiger partial charge in [0.1, 0.15) is 0 Å². The van der Waals surface area contributed by atoms with Crippen LogP contribution in [0.5, 0.6) is 0 Å². The number of imidazole rings is 1. The van der Waals surface area contributed by atoms with Crippen LogP contribution in [0.2, 0.25) is 0 Å². The Morgan fingerprint density at radius 3 is 2.71 bits per heavy atom. The van der Waals surface area contributed by atoms with Gasteiger partial charge in [0, 0.05) is 25.0 Å². The molecule has 14 heavy (non-hydrogen) atoms. The molecule has 0 radical (unpaired) electrons. The molecule has 1 aliphatic rings. The van der Waals surface area contributed by atoms with Gasteiger partial charge in [0.2, 0.25) is 0 Å². The highest BCUT2D eigenvalue weighted by Crippen LogP contribution is 2.15. The van der Waals surface area contributed by atoms with Crippen LogP contribution in [-0.4, -0.2) is 34.1 Å². The topological polar surface area (TPSA) is 21.1 Å². The molecular weight excluding hydrogens is 174 g/mol. The molecule has 1 aliphatic heterocycles. The Labute approximate surface area is 86.7 Å². The maximum absolute atomic E-state index is 4.03. The first-order valence-corrected chi connectivity index (χ1v) is 5.52. The zero-order valence-electron chi connectivity index (χ0n) is 9.48. The van der Waals surface area contributed by atoms with E-state index >= 15 is 0 Å². The number of rotatable bonds is 2. The third-order valence-corrected chi connectivity index (χ3v) is 2.65. The van der Waals surface area contributed by atoms with Crippen molar-refractivity contribution in [3.8, 4) is 0 Å². The smallest absolute Gasteiger partial charge is 0.0946 e. The van der Waals surface area contributed by atoms with E-state index < -0.39 is 0 Å². The molecule has 0 unspecified atom stereocenters. The van der Waals surface area contributed by atoms with Crippen molar-refractivity contribution in [2.45, 2.75) is 39.3 Å². The summed E-state index contributed by atoms with van der Waals surface area (Å²) in [6, 6.07) is 0.721. The molecule has 1 atom stereocenters. The molecule has 0 saturated carbocycles. The van der Waals surface area contributed by atoms with Gasteiger partial charge in [-0.05, 0) is 26.4 Å². The summed E-state index contributed by atoms with van der Waals surface area (Å²) in [7, 11) is 2.20. The van der Waals surface area contributed by atoms with Gasteiger partial charge in [-0.25, -0.2) is 4.98 Å². The number of hydrogen-bond acceptors (Lipinski definition) is 2. The van der Waals surface area contributed by atoms with E-state index in [0.29, 0.717) is 0 Å². The van der Waals surface area contributed by atoms with Gasteiger partial charge in [0.15, 0.2) is 0 Å². The van der Waals surface area contributed by atoms with Crippen molar-refractivity contribution in [1.29, 1.82) is 0 Å². The van der Waals surface area contributed by atoms with E-state index in [9.17, 15) is 0 Å². The standard InChI is InChI=1S/C9H15N3.C2H6/c1-11-5-2-3-9(11)7-12-6-4-10-8-12;1-2/h4,6,8-9H,2-3,5,7H2,1H3;1-2H3/t9-;/m0./s1. The maximum Gasteiger partial charge on any atom is 0.0946 e. The lowest BCUT2D eigenvalue weighted by Crippen LogP contribution is -2.28. The summed E-state index contributed by atoms with van der Waals surface area (Å²) in [5, 5.41) is 0. The average Bonchev–Trinajstić information content (AvgIpc) is 2.83. The van der Waals surface area contributed by atoms with E-state index in [0.717, 1.165) is 12.6 Å². The molecule has 1 aromatic heterocycles. The van der Waals surface area contributed by atoms with Gasteiger partial charge >= 0.3 is 0 Å². The summed E-state index contributed by atoms with van der Waals surface area (Å²) < 4.78 is 2.16. The highest BCUT2D eigenvalue weighted by Gasteiger charge is 2.20. The van der Waals surface area contributed by atoms with Gasteiger partial charge in [0.25, 0.3) is 0 Å². The minimum Gasteiger partial charge on any atom is -0.336 e. The van der Waals surface area contributed by atoms with E-state index in [1.165, 1.54) is 19.4 Å². The second kappa shape index (κ2) is 5.81. The lowest BCUT2D eigenvalue weighted by atomic mass is 10.2. The van der Waals surface area contributed by atoms with E-state index in [-0.39, 0.29) is 0 Å². The second-order valence-electron chi connectivity index (χ2n) is 3.54. The summed E-state index contributed by atoms with van der Waals surface area (Å²) in [5.41, 5.74) is 0. The molecule has 0 spiro atoms. The highest BCUT2D eigenvalue weighted by atomic mass is 15.2. The fourth-order valence-corrected chi connectivity index (χ4v) is 1.85. The minimum atomic E-state index is 0.721. The van der Waals surface area contributed by atoms with Crippen molar-refractivity contribution in [2.24, 2.45) is 0 Å². The predicted molar refractivity (Wildman–Crippen MR) is 59.2 cm³/mol. The molecule has 80 valence electrons. The van der Waals surface area contributed by atoms with Gasteiger partial charge in [-0.3, -0.25) is 0 Å². The Morgan fingerprint density at radius 1 is 1.43 bits per heavy atom. The SMILES string of the molecule is CC.CN1CCC[C@H]1Cn1ccnc1. The number of likely N-dealkylation sites (tertiary alicyclic amines) is 1. The lowest BCUT2D eigenvalue weighted by molar-refractivity contribution is 0.282. The molecule has 1 aromatic rings. The van der Waals surface area contributed by atoms with Crippen LogP contribution in [0.1, 0.15) is 26.7 Å². The van der Waals surface area contributed by atoms with Crippen LogP contribution in [0.3, 0.4) is 0 Å². The molecule has 0 aliphatic carbocycles. The molecule has 1 saturated heterocycles. The molecule has 1 fully saturated rings. The summed E-state index contributed by atoms with van der Waals surface area (Å²) in [6.45, 7) is 6.34. The molecule has 3 nitrogen and oxygen atoms in total. The van der Waals surface area contributed by atoms with Gasteiger partial charge in [-0.1, -0.05) is 13.8 Å². The normalized spacial score (nSPS) is 21.8. The van der Waals surface area contributed by atoms with Crippen molar-refractivity contribution < 1.29 is 0 Å². The first kappa shape index (κ1) is 11.2. The van der Waals surface area contributed by atoms with Gasteiger partial charge < -0.3 is 9.47 Å². The van der Waals surface area contributed by atoms with Crippen molar-refractivity contribution in [1.82, 2.24) is 14.5 Å². The first-order valence-electron chi connectivity index (χ1n) is 5.52. The molecule has 2 heterocycles. The summed E-state index contributed by atoms with van der Waals surface area (Å²) in [4.78, 5) is 6.46. The van der Waals surface area contributed by atoms with Crippen LogP contribution in [-0.2, 0) is 6.54 Å². The monoisotopic (exact) mass is 195 g/mol. The maximum atomic E-state index is 4.03. The summed E-state index contributed by atoms with van der Waals surface area (Å²) in [6.07, 6.45) is 8.44. The molecule has 0 bridgehead atoms. The number of hydrogen-bond donors (Lipinski definition) is 0. The van der Waals surface area contributed by atoms with E-state index in [4.69, 9.17) is 0 Å². The van der Waals surface area contributed by atoms with E-state index in [1.54, 1.807) is 0 Å².